The molecule has 0 aliphatic heterocycles. The van der Waals surface area contributed by atoms with Crippen molar-refractivity contribution in [3.63, 3.8) is 0 Å². The van der Waals surface area contributed by atoms with Gasteiger partial charge in [0.1, 0.15) is 0 Å². The van der Waals surface area contributed by atoms with Gasteiger partial charge in [-0.15, -0.1) is 21.5 Å². The summed E-state index contributed by atoms with van der Waals surface area (Å²) in [4.78, 5) is 18.0. The molecule has 3 heterocycles. The first kappa shape index (κ1) is 20.0. The van der Waals surface area contributed by atoms with E-state index in [1.165, 1.54) is 5.01 Å². The number of thioether (sulfide) groups is 1. The molecule has 3 aromatic heterocycles. The predicted molar refractivity (Wildman–Crippen MR) is 126 cm³/mol. The Bertz CT molecular complexity index is 1400. The first-order valence-electron chi connectivity index (χ1n) is 10.2. The van der Waals surface area contributed by atoms with Gasteiger partial charge in [0.15, 0.2) is 5.16 Å². The molecule has 156 valence electrons. The van der Waals surface area contributed by atoms with Crippen molar-refractivity contribution >= 4 is 39.8 Å². The van der Waals surface area contributed by atoms with Gasteiger partial charge in [0, 0.05) is 11.1 Å². The number of hydrogen-bond acceptors (Lipinski definition) is 6. The Kier molecular flexibility index (Phi) is 5.57. The van der Waals surface area contributed by atoms with Crippen LogP contribution in [0.15, 0.2) is 69.9 Å². The highest BCUT2D eigenvalue weighted by Gasteiger charge is 2.17. The maximum absolute atomic E-state index is 13.3. The lowest BCUT2D eigenvalue weighted by atomic mass is 10.2. The zero-order chi connectivity index (χ0) is 21.2. The van der Waals surface area contributed by atoms with Gasteiger partial charge in [-0.3, -0.25) is 13.8 Å². The number of aromatic nitrogens is 5. The lowest BCUT2D eigenvalue weighted by Crippen LogP contribution is -2.24. The molecule has 0 fully saturated rings. The zero-order valence-corrected chi connectivity index (χ0v) is 18.7. The maximum Gasteiger partial charge on any atom is 0.263 e. The van der Waals surface area contributed by atoms with Crippen LogP contribution in [-0.2, 0) is 18.7 Å². The number of aryl methyl sites for hydroxylation is 1. The summed E-state index contributed by atoms with van der Waals surface area (Å²) in [5, 5.41) is 13.6. The van der Waals surface area contributed by atoms with Gasteiger partial charge in [-0.25, -0.2) is 4.98 Å². The first-order valence-corrected chi connectivity index (χ1v) is 12.1. The van der Waals surface area contributed by atoms with Crippen molar-refractivity contribution in [2.45, 2.75) is 37.2 Å². The van der Waals surface area contributed by atoms with Crippen LogP contribution in [0.2, 0.25) is 0 Å². The van der Waals surface area contributed by atoms with Crippen LogP contribution in [0, 0.1) is 0 Å². The number of rotatable bonds is 7. The Morgan fingerprint density at radius 1 is 1.03 bits per heavy atom. The second kappa shape index (κ2) is 8.64. The van der Waals surface area contributed by atoms with Crippen molar-refractivity contribution in [3.8, 4) is 0 Å². The van der Waals surface area contributed by atoms with Crippen molar-refractivity contribution in [1.82, 2.24) is 24.1 Å². The van der Waals surface area contributed by atoms with E-state index in [-0.39, 0.29) is 5.56 Å². The Hall–Kier alpha value is -2.97. The molecule has 2 aromatic carbocycles. The zero-order valence-electron chi connectivity index (χ0n) is 17.1. The summed E-state index contributed by atoms with van der Waals surface area (Å²) < 4.78 is 3.70. The second-order valence-corrected chi connectivity index (χ2v) is 9.17. The largest absolute Gasteiger partial charge is 0.272 e. The molecule has 0 aliphatic rings. The molecular formula is C23H21N5OS2. The number of para-hydroxylation sites is 1. The number of nitrogens with zero attached hydrogens (tertiary/aromatic N) is 5. The summed E-state index contributed by atoms with van der Waals surface area (Å²) in [6.07, 6.45) is 2.11. The highest BCUT2D eigenvalue weighted by atomic mass is 32.2. The minimum Gasteiger partial charge on any atom is -0.272 e. The van der Waals surface area contributed by atoms with E-state index in [0.29, 0.717) is 23.5 Å². The molecule has 0 spiro atoms. The molecule has 0 amide bonds. The molecule has 0 bridgehead atoms. The summed E-state index contributed by atoms with van der Waals surface area (Å²) in [5.74, 6) is 1.27. The molecule has 0 radical (unpaired) electrons. The average Bonchev–Trinajstić information content (AvgIpc) is 3.43. The molecule has 0 atom stereocenters. The molecule has 5 rings (SSSR count). The monoisotopic (exact) mass is 447 g/mol. The third-order valence-electron chi connectivity index (χ3n) is 5.07. The molecule has 5 aromatic rings. The molecule has 0 saturated carbocycles. The first-order chi connectivity index (χ1) is 15.2. The van der Waals surface area contributed by atoms with Crippen LogP contribution in [0.4, 0.5) is 0 Å². The van der Waals surface area contributed by atoms with Crippen LogP contribution >= 0.6 is 23.1 Å². The van der Waals surface area contributed by atoms with Crippen LogP contribution in [0.25, 0.3) is 16.7 Å². The molecule has 0 unspecified atom stereocenters. The van der Waals surface area contributed by atoms with E-state index >= 15 is 0 Å². The van der Waals surface area contributed by atoms with Crippen LogP contribution in [0.5, 0.6) is 0 Å². The van der Waals surface area contributed by atoms with Crippen molar-refractivity contribution in [2.75, 3.05) is 0 Å². The van der Waals surface area contributed by atoms with Gasteiger partial charge in [0.05, 0.1) is 28.1 Å². The summed E-state index contributed by atoms with van der Waals surface area (Å²) in [5.41, 5.74) is 2.87. The standard InChI is InChI=1S/C23H21N5OS2/c1-2-8-20-24-17(14-30-20)15-31-23-26-25-22-27(13-16-9-4-3-5-10-16)21(29)18-11-6-7-12-19(18)28(22)23/h3-7,9-12,14H,2,8,13,15H2,1H3. The van der Waals surface area contributed by atoms with Crippen LogP contribution < -0.4 is 5.56 Å². The fraction of sp³-hybridized carbons (Fsp3) is 0.217. The number of benzene rings is 2. The normalized spacial score (nSPS) is 11.5. The topological polar surface area (TPSA) is 65.1 Å². The molecular weight excluding hydrogens is 426 g/mol. The van der Waals surface area contributed by atoms with E-state index in [2.05, 4.69) is 22.5 Å². The lowest BCUT2D eigenvalue weighted by molar-refractivity contribution is 0.764. The Morgan fingerprint density at radius 3 is 2.68 bits per heavy atom. The Balaban J connectivity index is 1.58. The minimum atomic E-state index is -0.0559. The quantitative estimate of drug-likeness (QED) is 0.336. The fourth-order valence-electron chi connectivity index (χ4n) is 3.62. The summed E-state index contributed by atoms with van der Waals surface area (Å²) in [7, 11) is 0. The van der Waals surface area contributed by atoms with Gasteiger partial charge in [0.25, 0.3) is 5.56 Å². The van der Waals surface area contributed by atoms with Crippen molar-refractivity contribution in [1.29, 1.82) is 0 Å². The van der Waals surface area contributed by atoms with Crippen LogP contribution in [0.1, 0.15) is 29.6 Å². The maximum atomic E-state index is 13.3. The second-order valence-electron chi connectivity index (χ2n) is 7.28. The minimum absolute atomic E-state index is 0.0559. The van der Waals surface area contributed by atoms with Gasteiger partial charge in [-0.1, -0.05) is 61.2 Å². The fourth-order valence-corrected chi connectivity index (χ4v) is 5.46. The van der Waals surface area contributed by atoms with E-state index in [4.69, 9.17) is 4.98 Å². The van der Waals surface area contributed by atoms with Gasteiger partial charge in [-0.2, -0.15) is 0 Å². The summed E-state index contributed by atoms with van der Waals surface area (Å²) in [6.45, 7) is 2.61. The average molecular weight is 448 g/mol. The van der Waals surface area contributed by atoms with Crippen LogP contribution in [0.3, 0.4) is 0 Å². The van der Waals surface area contributed by atoms with Gasteiger partial charge in [0.2, 0.25) is 5.78 Å². The van der Waals surface area contributed by atoms with Gasteiger partial charge < -0.3 is 0 Å². The molecule has 0 N–H and O–H groups in total. The molecule has 6 nitrogen and oxygen atoms in total. The van der Waals surface area contributed by atoms with Gasteiger partial charge >= 0.3 is 0 Å². The van der Waals surface area contributed by atoms with E-state index in [1.54, 1.807) is 27.7 Å². The van der Waals surface area contributed by atoms with E-state index in [9.17, 15) is 4.79 Å². The van der Waals surface area contributed by atoms with Gasteiger partial charge in [-0.05, 0) is 30.5 Å². The lowest BCUT2D eigenvalue weighted by Gasteiger charge is -2.11. The highest BCUT2D eigenvalue weighted by Crippen LogP contribution is 2.25. The smallest absolute Gasteiger partial charge is 0.263 e. The van der Waals surface area contributed by atoms with E-state index in [1.807, 2.05) is 59.0 Å². The third-order valence-corrected chi connectivity index (χ3v) is 6.99. The molecule has 31 heavy (non-hydrogen) atoms. The SMILES string of the molecule is CCCc1nc(CSc2nnc3n(Cc4ccccc4)c(=O)c4ccccc4n23)cs1. The Labute approximate surface area is 187 Å². The molecule has 0 saturated heterocycles. The number of thiazole rings is 1. The predicted octanol–water partition coefficient (Wildman–Crippen LogP) is 4.79. The highest BCUT2D eigenvalue weighted by molar-refractivity contribution is 7.98. The summed E-state index contributed by atoms with van der Waals surface area (Å²) in [6, 6.07) is 17.6. The van der Waals surface area contributed by atoms with Crippen molar-refractivity contribution in [3.05, 3.63) is 86.6 Å². The van der Waals surface area contributed by atoms with E-state index in [0.717, 1.165) is 34.8 Å². The third kappa shape index (κ3) is 3.88. The summed E-state index contributed by atoms with van der Waals surface area (Å²) >= 11 is 3.31. The van der Waals surface area contributed by atoms with Crippen molar-refractivity contribution < 1.29 is 0 Å². The van der Waals surface area contributed by atoms with Crippen LogP contribution in [-0.4, -0.2) is 24.1 Å². The molecule has 8 heteroatoms. The van der Waals surface area contributed by atoms with E-state index < -0.39 is 0 Å². The Morgan fingerprint density at radius 2 is 1.84 bits per heavy atom. The van der Waals surface area contributed by atoms with Crippen molar-refractivity contribution in [2.24, 2.45) is 0 Å². The number of hydrogen-bond donors (Lipinski definition) is 0. The number of fused-ring (bicyclic) bond motifs is 3. The molecule has 0 aliphatic carbocycles.